The molecule has 0 atom stereocenters. The molecule has 0 aliphatic rings. The molecular weight excluding hydrogens is 520 g/mol. The van der Waals surface area contributed by atoms with Crippen LogP contribution < -0.4 is 0 Å². The Bertz CT molecular complexity index is 3040. The van der Waals surface area contributed by atoms with E-state index in [-0.39, 0.29) is 21.9 Å². The van der Waals surface area contributed by atoms with Crippen molar-refractivity contribution in [3.05, 3.63) is 157 Å². The first-order valence-corrected chi connectivity index (χ1v) is 13.9. The average Bonchev–Trinajstić information content (AvgIpc) is 3.57. The third-order valence-electron chi connectivity index (χ3n) is 8.04. The highest BCUT2D eigenvalue weighted by Gasteiger charge is 2.21. The second-order valence-electron chi connectivity index (χ2n) is 10.4. The maximum absolute atomic E-state index is 9.85. The lowest BCUT2D eigenvalue weighted by molar-refractivity contribution is 0.669. The van der Waals surface area contributed by atoms with Crippen LogP contribution in [0.3, 0.4) is 0 Å². The van der Waals surface area contributed by atoms with Gasteiger partial charge in [0.1, 0.15) is 11.2 Å². The number of fused-ring (bicyclic) bond motifs is 6. The summed E-state index contributed by atoms with van der Waals surface area (Å²) < 4.78 is 104. The standard InChI is InChI=1S/C42H26O/c1-2-13-27(14-3-1)29-25-28-15-4-5-16-30(28)37(26-29)41-33-19-8-6-17-31(33)40(32-18-7-9-20-34(32)41)36-22-12-24-39-42(36)35-21-10-11-23-38(35)43-39/h1-26H/i1D,2D,3D,4D,5D,13D,14D,15D,16D,25D,26D. The van der Waals surface area contributed by atoms with Crippen molar-refractivity contribution in [2.45, 2.75) is 0 Å². The van der Waals surface area contributed by atoms with Gasteiger partial charge in [0.05, 0.1) is 15.1 Å². The molecule has 0 spiro atoms. The molecule has 1 nitrogen and oxygen atoms in total. The van der Waals surface area contributed by atoms with Gasteiger partial charge in [-0.05, 0) is 89.9 Å². The van der Waals surface area contributed by atoms with Crippen LogP contribution in [-0.2, 0) is 0 Å². The monoisotopic (exact) mass is 557 g/mol. The SMILES string of the molecule is [2H]c1c([2H])c([2H])c(-c2c([2H])c(-c3c4ccccc4c(-c4cccc5oc6ccccc6c45)c4ccccc34)c3c([2H])c([2H])c([2H])c([2H])c3c2[2H])c([2H])c1[2H]. The van der Waals surface area contributed by atoms with Crippen molar-refractivity contribution in [2.75, 3.05) is 0 Å². The van der Waals surface area contributed by atoms with Crippen molar-refractivity contribution in [1.82, 2.24) is 0 Å². The van der Waals surface area contributed by atoms with E-state index in [1.807, 2.05) is 91.0 Å². The Labute approximate surface area is 264 Å². The minimum absolute atomic E-state index is 0.0562. The number of para-hydroxylation sites is 1. The van der Waals surface area contributed by atoms with Gasteiger partial charge >= 0.3 is 0 Å². The molecule has 0 aliphatic heterocycles. The normalized spacial score (nSPS) is 15.3. The van der Waals surface area contributed by atoms with E-state index >= 15 is 0 Å². The second-order valence-corrected chi connectivity index (χ2v) is 10.4. The van der Waals surface area contributed by atoms with Crippen LogP contribution in [0.2, 0.25) is 0 Å². The van der Waals surface area contributed by atoms with Crippen molar-refractivity contribution in [3.63, 3.8) is 0 Å². The summed E-state index contributed by atoms with van der Waals surface area (Å²) in [7, 11) is 0. The molecule has 0 bridgehead atoms. The molecule has 1 heteroatoms. The molecule has 9 aromatic rings. The first kappa shape index (κ1) is 15.5. The molecule has 0 unspecified atom stereocenters. The van der Waals surface area contributed by atoms with E-state index in [1.54, 1.807) is 0 Å². The predicted octanol–water partition coefficient (Wildman–Crippen LogP) is 12.0. The van der Waals surface area contributed by atoms with Gasteiger partial charge in [-0.1, -0.05) is 133 Å². The van der Waals surface area contributed by atoms with Crippen molar-refractivity contribution >= 4 is 54.3 Å². The number of benzene rings is 8. The van der Waals surface area contributed by atoms with E-state index in [0.29, 0.717) is 21.9 Å². The Morgan fingerprint density at radius 2 is 1.00 bits per heavy atom. The summed E-state index contributed by atoms with van der Waals surface area (Å²) in [4.78, 5) is 0. The summed E-state index contributed by atoms with van der Waals surface area (Å²) in [6.07, 6.45) is 0. The number of hydrogen-bond donors (Lipinski definition) is 0. The first-order valence-electron chi connectivity index (χ1n) is 19.4. The van der Waals surface area contributed by atoms with Gasteiger partial charge < -0.3 is 4.42 Å². The Morgan fingerprint density at radius 1 is 0.419 bits per heavy atom. The smallest absolute Gasteiger partial charge is 0.136 e. The summed E-state index contributed by atoms with van der Waals surface area (Å²) in [6, 6.07) is 22.6. The molecule has 8 aromatic carbocycles. The van der Waals surface area contributed by atoms with Crippen molar-refractivity contribution < 1.29 is 19.5 Å². The average molecular weight is 558 g/mol. The Kier molecular flexibility index (Phi) is 3.41. The van der Waals surface area contributed by atoms with Gasteiger partial charge in [-0.2, -0.15) is 0 Å². The van der Waals surface area contributed by atoms with E-state index in [1.165, 1.54) is 0 Å². The van der Waals surface area contributed by atoms with Gasteiger partial charge in [-0.3, -0.25) is 0 Å². The van der Waals surface area contributed by atoms with E-state index < -0.39 is 72.0 Å². The summed E-state index contributed by atoms with van der Waals surface area (Å²) in [5, 5.41) is 4.39. The number of furan rings is 1. The lowest BCUT2D eigenvalue weighted by Crippen LogP contribution is -1.93. The molecule has 0 radical (unpaired) electrons. The molecule has 1 heterocycles. The zero-order valence-electron chi connectivity index (χ0n) is 33.6. The minimum atomic E-state index is -0.650. The Hall–Kier alpha value is -5.66. The van der Waals surface area contributed by atoms with Crippen molar-refractivity contribution in [3.8, 4) is 33.4 Å². The highest BCUT2D eigenvalue weighted by molar-refractivity contribution is 6.27. The fourth-order valence-corrected chi connectivity index (χ4v) is 6.30. The van der Waals surface area contributed by atoms with Crippen LogP contribution in [0.1, 0.15) is 15.1 Å². The van der Waals surface area contributed by atoms with Crippen LogP contribution in [0.25, 0.3) is 87.6 Å². The maximum atomic E-state index is 9.85. The van der Waals surface area contributed by atoms with Crippen molar-refractivity contribution in [2.24, 2.45) is 0 Å². The van der Waals surface area contributed by atoms with Crippen LogP contribution in [0, 0.1) is 0 Å². The lowest BCUT2D eigenvalue weighted by Gasteiger charge is -2.20. The summed E-state index contributed by atoms with van der Waals surface area (Å²) in [6.45, 7) is 0. The van der Waals surface area contributed by atoms with Crippen LogP contribution in [0.15, 0.2) is 162 Å². The molecule has 0 amide bonds. The van der Waals surface area contributed by atoms with Crippen LogP contribution in [0.5, 0.6) is 0 Å². The molecule has 200 valence electrons. The third-order valence-corrected chi connectivity index (χ3v) is 8.04. The highest BCUT2D eigenvalue weighted by Crippen LogP contribution is 2.48. The molecule has 0 fully saturated rings. The quantitative estimate of drug-likeness (QED) is 0.197. The van der Waals surface area contributed by atoms with E-state index in [9.17, 15) is 4.11 Å². The summed E-state index contributed by atoms with van der Waals surface area (Å²) in [5.74, 6) is 0. The third kappa shape index (κ3) is 3.65. The van der Waals surface area contributed by atoms with Gasteiger partial charge in [0.25, 0.3) is 0 Å². The molecular formula is C42H26O. The zero-order valence-corrected chi connectivity index (χ0v) is 22.6. The van der Waals surface area contributed by atoms with Gasteiger partial charge in [0.2, 0.25) is 0 Å². The Morgan fingerprint density at radius 3 is 1.72 bits per heavy atom. The summed E-state index contributed by atoms with van der Waals surface area (Å²) >= 11 is 0. The molecule has 0 aliphatic carbocycles. The van der Waals surface area contributed by atoms with Crippen LogP contribution in [0.4, 0.5) is 0 Å². The second kappa shape index (κ2) is 9.44. The van der Waals surface area contributed by atoms with E-state index in [2.05, 4.69) is 0 Å². The first-order chi connectivity index (χ1) is 25.9. The topological polar surface area (TPSA) is 13.1 Å². The fraction of sp³-hybridized carbons (Fsp3) is 0. The number of rotatable bonds is 3. The van der Waals surface area contributed by atoms with Crippen molar-refractivity contribution in [1.29, 1.82) is 0 Å². The van der Waals surface area contributed by atoms with E-state index in [0.717, 1.165) is 38.3 Å². The van der Waals surface area contributed by atoms with Gasteiger partial charge in [-0.25, -0.2) is 0 Å². The minimum Gasteiger partial charge on any atom is -0.456 e. The van der Waals surface area contributed by atoms with Crippen LogP contribution >= 0.6 is 0 Å². The molecule has 0 saturated carbocycles. The number of hydrogen-bond acceptors (Lipinski definition) is 1. The molecule has 1 aromatic heterocycles. The molecule has 0 N–H and O–H groups in total. The zero-order chi connectivity index (χ0) is 37.9. The van der Waals surface area contributed by atoms with E-state index in [4.69, 9.17) is 15.4 Å². The predicted molar refractivity (Wildman–Crippen MR) is 183 cm³/mol. The highest BCUT2D eigenvalue weighted by atomic mass is 16.3. The van der Waals surface area contributed by atoms with Gasteiger partial charge in [0, 0.05) is 10.8 Å². The fourth-order valence-electron chi connectivity index (χ4n) is 6.30. The Balaban J connectivity index is 1.53. The molecule has 43 heavy (non-hydrogen) atoms. The van der Waals surface area contributed by atoms with Crippen LogP contribution in [-0.4, -0.2) is 0 Å². The maximum Gasteiger partial charge on any atom is 0.136 e. The molecule has 0 saturated heterocycles. The largest absolute Gasteiger partial charge is 0.456 e. The van der Waals surface area contributed by atoms with Gasteiger partial charge in [0.15, 0.2) is 0 Å². The lowest BCUT2D eigenvalue weighted by atomic mass is 9.83. The van der Waals surface area contributed by atoms with Gasteiger partial charge in [-0.15, -0.1) is 0 Å². The summed E-state index contributed by atoms with van der Waals surface area (Å²) in [5.41, 5.74) is 3.00. The molecule has 9 rings (SSSR count).